The monoisotopic (exact) mass is 402 g/mol. The maximum Gasteiger partial charge on any atom is 0.346 e. The summed E-state index contributed by atoms with van der Waals surface area (Å²) < 4.78 is 15.2. The first-order chi connectivity index (χ1) is 13.7. The fourth-order valence-corrected chi connectivity index (χ4v) is 2.65. The zero-order valence-electron chi connectivity index (χ0n) is 16.8. The molecule has 0 fully saturated rings. The van der Waals surface area contributed by atoms with Crippen molar-refractivity contribution in [3.63, 3.8) is 0 Å². The highest BCUT2D eigenvalue weighted by Gasteiger charge is 2.28. The van der Waals surface area contributed by atoms with Gasteiger partial charge in [-0.05, 0) is 32.4 Å². The largest absolute Gasteiger partial charge is 0.493 e. The second kappa shape index (κ2) is 9.05. The molecule has 9 nitrogen and oxygen atoms in total. The van der Waals surface area contributed by atoms with Gasteiger partial charge in [-0.3, -0.25) is 14.9 Å². The van der Waals surface area contributed by atoms with Crippen molar-refractivity contribution >= 4 is 23.3 Å². The summed E-state index contributed by atoms with van der Waals surface area (Å²) >= 11 is 0. The third-order valence-electron chi connectivity index (χ3n) is 4.21. The van der Waals surface area contributed by atoms with Gasteiger partial charge in [0.2, 0.25) is 0 Å². The number of nitrogens with one attached hydrogen (secondary N) is 1. The summed E-state index contributed by atoms with van der Waals surface area (Å²) in [6, 6.07) is 7.70. The van der Waals surface area contributed by atoms with Crippen molar-refractivity contribution in [2.75, 3.05) is 19.5 Å². The zero-order valence-corrected chi connectivity index (χ0v) is 16.8. The normalized spacial score (nSPS) is 11.3. The maximum absolute atomic E-state index is 12.5. The van der Waals surface area contributed by atoms with E-state index in [1.807, 2.05) is 26.0 Å². The number of ether oxygens (including phenoxy) is 3. The molecule has 0 aliphatic heterocycles. The van der Waals surface area contributed by atoms with Crippen LogP contribution in [0.1, 0.15) is 28.4 Å². The Balaban J connectivity index is 2.22. The molecule has 2 rings (SSSR count). The van der Waals surface area contributed by atoms with E-state index in [0.29, 0.717) is 5.69 Å². The molecule has 154 valence electrons. The van der Waals surface area contributed by atoms with Crippen LogP contribution in [0.5, 0.6) is 11.5 Å². The Kier molecular flexibility index (Phi) is 6.76. The minimum atomic E-state index is -1.18. The molecule has 1 atom stereocenters. The van der Waals surface area contributed by atoms with Gasteiger partial charge < -0.3 is 19.5 Å². The molecule has 2 aromatic carbocycles. The average molecular weight is 402 g/mol. The van der Waals surface area contributed by atoms with Crippen LogP contribution in [-0.4, -0.2) is 37.1 Å². The second-order valence-electron chi connectivity index (χ2n) is 6.34. The van der Waals surface area contributed by atoms with E-state index in [1.165, 1.54) is 21.1 Å². The number of rotatable bonds is 7. The van der Waals surface area contributed by atoms with Gasteiger partial charge in [0.15, 0.2) is 17.6 Å². The lowest BCUT2D eigenvalue weighted by Crippen LogP contribution is -2.30. The molecule has 9 heteroatoms. The highest BCUT2D eigenvalue weighted by atomic mass is 16.6. The number of nitrogens with zero attached hydrogens (tertiary/aromatic N) is 1. The molecular formula is C20H22N2O7. The van der Waals surface area contributed by atoms with Crippen molar-refractivity contribution < 1.29 is 28.7 Å². The van der Waals surface area contributed by atoms with Crippen molar-refractivity contribution in [1.82, 2.24) is 0 Å². The van der Waals surface area contributed by atoms with E-state index in [0.717, 1.165) is 23.3 Å². The Morgan fingerprint density at radius 2 is 1.69 bits per heavy atom. The smallest absolute Gasteiger partial charge is 0.346 e. The highest BCUT2D eigenvalue weighted by molar-refractivity contribution is 5.99. The van der Waals surface area contributed by atoms with Crippen LogP contribution in [0.15, 0.2) is 30.3 Å². The van der Waals surface area contributed by atoms with E-state index in [2.05, 4.69) is 5.32 Å². The van der Waals surface area contributed by atoms with Crippen molar-refractivity contribution in [2.45, 2.75) is 26.9 Å². The van der Waals surface area contributed by atoms with E-state index < -0.39 is 28.6 Å². The molecule has 1 amide bonds. The molecule has 0 heterocycles. The third kappa shape index (κ3) is 5.01. The van der Waals surface area contributed by atoms with Crippen molar-refractivity contribution in [3.8, 4) is 11.5 Å². The van der Waals surface area contributed by atoms with Crippen LogP contribution >= 0.6 is 0 Å². The first-order valence-corrected chi connectivity index (χ1v) is 8.67. The first-order valence-electron chi connectivity index (χ1n) is 8.67. The SMILES string of the molecule is COc1cc(C(=O)O[C@H](C)C(=O)Nc2ccc(C)cc2C)c([N+](=O)[O-])cc1OC. The topological polar surface area (TPSA) is 117 Å². The van der Waals surface area contributed by atoms with Gasteiger partial charge in [-0.2, -0.15) is 0 Å². The minimum absolute atomic E-state index is 0.0939. The molecule has 0 radical (unpaired) electrons. The van der Waals surface area contributed by atoms with Gasteiger partial charge in [0.1, 0.15) is 5.56 Å². The molecule has 0 bridgehead atoms. The maximum atomic E-state index is 12.5. The summed E-state index contributed by atoms with van der Waals surface area (Å²) in [4.78, 5) is 35.5. The van der Waals surface area contributed by atoms with Crippen molar-refractivity contribution in [2.24, 2.45) is 0 Å². The number of amides is 1. The Labute approximate surface area is 167 Å². The quantitative estimate of drug-likeness (QED) is 0.428. The predicted molar refractivity (Wildman–Crippen MR) is 106 cm³/mol. The van der Waals surface area contributed by atoms with Crippen LogP contribution in [0, 0.1) is 24.0 Å². The average Bonchev–Trinajstić information content (AvgIpc) is 2.68. The summed E-state index contributed by atoms with van der Waals surface area (Å²) in [7, 11) is 2.65. The minimum Gasteiger partial charge on any atom is -0.493 e. The molecular weight excluding hydrogens is 380 g/mol. The number of nitro groups is 1. The van der Waals surface area contributed by atoms with Crippen LogP contribution in [0.4, 0.5) is 11.4 Å². The van der Waals surface area contributed by atoms with Crippen molar-refractivity contribution in [3.05, 3.63) is 57.1 Å². The highest BCUT2D eigenvalue weighted by Crippen LogP contribution is 2.35. The Hall–Kier alpha value is -3.62. The van der Waals surface area contributed by atoms with E-state index >= 15 is 0 Å². The molecule has 1 N–H and O–H groups in total. The summed E-state index contributed by atoms with van der Waals surface area (Å²) in [5.41, 5.74) is 1.61. The standard InChI is InChI=1S/C20H22N2O7/c1-11-6-7-15(12(2)8-11)21-19(23)13(3)29-20(24)14-9-17(27-4)18(28-5)10-16(14)22(25)26/h6-10,13H,1-5H3,(H,21,23)/t13-/m1/s1. The number of hydrogen-bond donors (Lipinski definition) is 1. The fraction of sp³-hybridized carbons (Fsp3) is 0.300. The van der Waals surface area contributed by atoms with Gasteiger partial charge in [0.05, 0.1) is 25.2 Å². The van der Waals surface area contributed by atoms with Crippen LogP contribution in [0.3, 0.4) is 0 Å². The number of esters is 1. The number of methoxy groups -OCH3 is 2. The van der Waals surface area contributed by atoms with E-state index in [4.69, 9.17) is 14.2 Å². The first kappa shape index (κ1) is 21.7. The van der Waals surface area contributed by atoms with Crippen molar-refractivity contribution in [1.29, 1.82) is 0 Å². The van der Waals surface area contributed by atoms with Crippen LogP contribution < -0.4 is 14.8 Å². The number of anilines is 1. The number of carbonyl (C=O) groups excluding carboxylic acids is 2. The Morgan fingerprint density at radius 3 is 2.24 bits per heavy atom. The van der Waals surface area contributed by atoms with Crippen LogP contribution in [0.25, 0.3) is 0 Å². The molecule has 0 saturated heterocycles. The van der Waals surface area contributed by atoms with Crippen LogP contribution in [-0.2, 0) is 9.53 Å². The summed E-state index contributed by atoms with van der Waals surface area (Å²) in [6.07, 6.45) is -1.18. The number of aryl methyl sites for hydroxylation is 2. The number of benzene rings is 2. The second-order valence-corrected chi connectivity index (χ2v) is 6.34. The van der Waals surface area contributed by atoms with Gasteiger partial charge in [-0.1, -0.05) is 17.7 Å². The number of hydrogen-bond acceptors (Lipinski definition) is 7. The third-order valence-corrected chi connectivity index (χ3v) is 4.21. The van der Waals surface area contributed by atoms with Gasteiger partial charge >= 0.3 is 5.97 Å². The Morgan fingerprint density at radius 1 is 1.07 bits per heavy atom. The number of carbonyl (C=O) groups is 2. The Bertz CT molecular complexity index is 956. The molecule has 2 aromatic rings. The van der Waals surface area contributed by atoms with E-state index in [1.54, 1.807) is 6.07 Å². The molecule has 29 heavy (non-hydrogen) atoms. The van der Waals surface area contributed by atoms with Crippen LogP contribution in [0.2, 0.25) is 0 Å². The molecule has 0 unspecified atom stereocenters. The van der Waals surface area contributed by atoms with E-state index in [-0.39, 0.29) is 17.1 Å². The predicted octanol–water partition coefficient (Wildman–Crippen LogP) is 3.41. The van der Waals surface area contributed by atoms with Gasteiger partial charge in [-0.15, -0.1) is 0 Å². The molecule has 0 aromatic heterocycles. The summed E-state index contributed by atoms with van der Waals surface area (Å²) in [5, 5.41) is 14.0. The lowest BCUT2D eigenvalue weighted by atomic mass is 10.1. The van der Waals surface area contributed by atoms with Gasteiger partial charge in [0.25, 0.3) is 11.6 Å². The van der Waals surface area contributed by atoms with E-state index in [9.17, 15) is 19.7 Å². The summed E-state index contributed by atoms with van der Waals surface area (Å²) in [5.74, 6) is -1.37. The molecule has 0 aliphatic rings. The van der Waals surface area contributed by atoms with Gasteiger partial charge in [-0.25, -0.2) is 4.79 Å². The molecule has 0 spiro atoms. The lowest BCUT2D eigenvalue weighted by Gasteiger charge is -2.16. The summed E-state index contributed by atoms with van der Waals surface area (Å²) in [6.45, 7) is 5.15. The number of nitro benzene ring substituents is 1. The zero-order chi connectivity index (χ0) is 21.7. The lowest BCUT2D eigenvalue weighted by molar-refractivity contribution is -0.385. The molecule has 0 saturated carbocycles. The fourth-order valence-electron chi connectivity index (χ4n) is 2.65. The van der Waals surface area contributed by atoms with Gasteiger partial charge in [0, 0.05) is 11.8 Å². The molecule has 0 aliphatic carbocycles.